The molecule has 1 fully saturated rings. The lowest BCUT2D eigenvalue weighted by atomic mass is 10.0. The van der Waals surface area contributed by atoms with Crippen LogP contribution in [0.3, 0.4) is 0 Å². The highest BCUT2D eigenvalue weighted by atomic mass is 16.5. The summed E-state index contributed by atoms with van der Waals surface area (Å²) in [6.07, 6.45) is 1.85. The number of amides is 1. The van der Waals surface area contributed by atoms with E-state index in [1.807, 2.05) is 18.2 Å². The van der Waals surface area contributed by atoms with E-state index >= 15 is 0 Å². The number of piperidine rings is 1. The molecule has 27 heavy (non-hydrogen) atoms. The highest BCUT2D eigenvalue weighted by Gasteiger charge is 2.26. The van der Waals surface area contributed by atoms with E-state index in [1.165, 1.54) is 13.0 Å². The van der Waals surface area contributed by atoms with Crippen LogP contribution < -0.4 is 14.8 Å². The lowest BCUT2D eigenvalue weighted by Crippen LogP contribution is -2.45. The van der Waals surface area contributed by atoms with E-state index in [0.29, 0.717) is 30.3 Å². The second kappa shape index (κ2) is 8.11. The van der Waals surface area contributed by atoms with Crippen LogP contribution in [0.5, 0.6) is 11.5 Å². The maximum atomic E-state index is 12.7. The number of benzene rings is 1. The van der Waals surface area contributed by atoms with Gasteiger partial charge in [-0.15, -0.1) is 0 Å². The van der Waals surface area contributed by atoms with Gasteiger partial charge in [-0.2, -0.15) is 5.10 Å². The van der Waals surface area contributed by atoms with E-state index in [9.17, 15) is 9.59 Å². The number of aromatic nitrogens is 2. The van der Waals surface area contributed by atoms with Gasteiger partial charge in [-0.1, -0.05) is 0 Å². The first kappa shape index (κ1) is 18.8. The van der Waals surface area contributed by atoms with Crippen molar-refractivity contribution in [2.75, 3.05) is 32.6 Å². The van der Waals surface area contributed by atoms with Gasteiger partial charge >= 0.3 is 0 Å². The van der Waals surface area contributed by atoms with Crippen molar-refractivity contribution in [1.29, 1.82) is 0 Å². The summed E-state index contributed by atoms with van der Waals surface area (Å²) in [7, 11) is 3.20. The molecule has 0 spiro atoms. The van der Waals surface area contributed by atoms with Gasteiger partial charge in [0.25, 0.3) is 5.91 Å². The number of likely N-dealkylation sites (tertiary alicyclic amines) is 1. The highest BCUT2D eigenvalue weighted by molar-refractivity contribution is 5.97. The van der Waals surface area contributed by atoms with Crippen molar-refractivity contribution in [1.82, 2.24) is 15.1 Å². The molecule has 144 valence electrons. The number of aromatic amines is 1. The second-order valence-corrected chi connectivity index (χ2v) is 6.53. The number of carbonyl (C=O) groups excluding carboxylic acids is 2. The summed E-state index contributed by atoms with van der Waals surface area (Å²) >= 11 is 0. The minimum absolute atomic E-state index is 0.121. The van der Waals surface area contributed by atoms with E-state index in [0.717, 1.165) is 18.5 Å². The predicted octanol–water partition coefficient (Wildman–Crippen LogP) is 2.35. The van der Waals surface area contributed by atoms with Crippen molar-refractivity contribution >= 4 is 17.4 Å². The standard InChI is InChI=1S/C19H24N4O4/c1-12(24)15-10-16(22-21-15)19(25)23-8-4-5-14(11-23)20-13-6-7-17(26-2)18(9-13)27-3/h6-7,9-10,14,20H,4-5,8,11H2,1-3H3,(H,21,22)/t14-/m0/s1. The minimum atomic E-state index is -0.169. The Labute approximate surface area is 157 Å². The largest absolute Gasteiger partial charge is 0.493 e. The smallest absolute Gasteiger partial charge is 0.271 e. The lowest BCUT2D eigenvalue weighted by molar-refractivity contribution is 0.0708. The number of ketones is 1. The zero-order valence-electron chi connectivity index (χ0n) is 15.7. The Morgan fingerprint density at radius 2 is 2.00 bits per heavy atom. The molecule has 8 nitrogen and oxygen atoms in total. The van der Waals surface area contributed by atoms with Crippen molar-refractivity contribution in [3.05, 3.63) is 35.7 Å². The molecular weight excluding hydrogens is 348 g/mol. The molecule has 0 saturated carbocycles. The molecular formula is C19H24N4O4. The average molecular weight is 372 g/mol. The molecule has 2 N–H and O–H groups in total. The average Bonchev–Trinajstić information content (AvgIpc) is 3.18. The van der Waals surface area contributed by atoms with Gasteiger partial charge in [0.15, 0.2) is 17.3 Å². The zero-order valence-corrected chi connectivity index (χ0v) is 15.7. The van der Waals surface area contributed by atoms with Crippen LogP contribution in [0.1, 0.15) is 40.7 Å². The van der Waals surface area contributed by atoms with Crippen LogP contribution in [0, 0.1) is 0 Å². The van der Waals surface area contributed by atoms with E-state index in [4.69, 9.17) is 9.47 Å². The highest BCUT2D eigenvalue weighted by Crippen LogP contribution is 2.30. The maximum Gasteiger partial charge on any atom is 0.271 e. The van der Waals surface area contributed by atoms with Crippen molar-refractivity contribution in [2.45, 2.75) is 25.8 Å². The number of anilines is 1. The fourth-order valence-electron chi connectivity index (χ4n) is 3.22. The molecule has 1 aromatic heterocycles. The van der Waals surface area contributed by atoms with Crippen LogP contribution in [0.15, 0.2) is 24.3 Å². The van der Waals surface area contributed by atoms with Crippen molar-refractivity contribution in [3.63, 3.8) is 0 Å². The summed E-state index contributed by atoms with van der Waals surface area (Å²) in [6.45, 7) is 2.67. The molecule has 2 heterocycles. The Bertz CT molecular complexity index is 833. The van der Waals surface area contributed by atoms with Gasteiger partial charge in [0.2, 0.25) is 0 Å². The Kier molecular flexibility index (Phi) is 5.63. The number of ether oxygens (including phenoxy) is 2. The Balaban J connectivity index is 1.67. The van der Waals surface area contributed by atoms with Gasteiger partial charge in [0.1, 0.15) is 11.4 Å². The normalized spacial score (nSPS) is 16.7. The summed E-state index contributed by atoms with van der Waals surface area (Å²) in [6, 6.07) is 7.29. The van der Waals surface area contributed by atoms with Crippen LogP contribution in [0.25, 0.3) is 0 Å². The van der Waals surface area contributed by atoms with Crippen molar-refractivity contribution in [2.24, 2.45) is 0 Å². The summed E-state index contributed by atoms with van der Waals surface area (Å²) in [5.74, 6) is 1.01. The molecule has 1 atom stereocenters. The summed E-state index contributed by atoms with van der Waals surface area (Å²) < 4.78 is 10.6. The first-order chi connectivity index (χ1) is 13.0. The molecule has 2 aromatic rings. The molecule has 3 rings (SSSR count). The summed E-state index contributed by atoms with van der Waals surface area (Å²) in [4.78, 5) is 25.8. The molecule has 0 radical (unpaired) electrons. The van der Waals surface area contributed by atoms with Crippen LogP contribution >= 0.6 is 0 Å². The van der Waals surface area contributed by atoms with Crippen LogP contribution in [0.2, 0.25) is 0 Å². The summed E-state index contributed by atoms with van der Waals surface area (Å²) in [5, 5.41) is 10.0. The molecule has 8 heteroatoms. The van der Waals surface area contributed by atoms with Crippen LogP contribution in [-0.2, 0) is 0 Å². The number of rotatable bonds is 6. The van der Waals surface area contributed by atoms with Gasteiger partial charge in [-0.3, -0.25) is 14.7 Å². The number of nitrogens with one attached hydrogen (secondary N) is 2. The second-order valence-electron chi connectivity index (χ2n) is 6.53. The SMILES string of the molecule is COc1ccc(N[C@H]2CCCN(C(=O)c3cc(C(C)=O)n[nH]3)C2)cc1OC. The first-order valence-corrected chi connectivity index (χ1v) is 8.86. The van der Waals surface area contributed by atoms with Gasteiger partial charge in [-0.05, 0) is 31.0 Å². The quantitative estimate of drug-likeness (QED) is 0.756. The molecule has 0 bridgehead atoms. The number of carbonyl (C=O) groups is 2. The van der Waals surface area contributed by atoms with Gasteiger partial charge < -0.3 is 19.7 Å². The van der Waals surface area contributed by atoms with Crippen molar-refractivity contribution in [3.8, 4) is 11.5 Å². The van der Waals surface area contributed by atoms with Crippen molar-refractivity contribution < 1.29 is 19.1 Å². The Morgan fingerprint density at radius 3 is 2.67 bits per heavy atom. The topological polar surface area (TPSA) is 96.5 Å². The first-order valence-electron chi connectivity index (χ1n) is 8.86. The maximum absolute atomic E-state index is 12.7. The fraction of sp³-hybridized carbons (Fsp3) is 0.421. The van der Waals surface area contributed by atoms with Gasteiger partial charge in [0, 0.05) is 37.8 Å². The van der Waals surface area contributed by atoms with E-state index in [-0.39, 0.29) is 23.4 Å². The molecule has 1 saturated heterocycles. The predicted molar refractivity (Wildman–Crippen MR) is 101 cm³/mol. The molecule has 0 aliphatic carbocycles. The monoisotopic (exact) mass is 372 g/mol. The molecule has 1 aliphatic heterocycles. The number of H-pyrrole nitrogens is 1. The number of Topliss-reactive ketones (excluding diaryl/α,β-unsaturated/α-hetero) is 1. The third kappa shape index (κ3) is 4.21. The van der Waals surface area contributed by atoms with Gasteiger partial charge in [-0.25, -0.2) is 0 Å². The third-order valence-corrected chi connectivity index (χ3v) is 4.63. The fourth-order valence-corrected chi connectivity index (χ4v) is 3.22. The van der Waals surface area contributed by atoms with E-state index < -0.39 is 0 Å². The van der Waals surface area contributed by atoms with Gasteiger partial charge in [0.05, 0.1) is 14.2 Å². The Hall–Kier alpha value is -3.03. The zero-order chi connectivity index (χ0) is 19.4. The number of nitrogens with zero attached hydrogens (tertiary/aromatic N) is 2. The minimum Gasteiger partial charge on any atom is -0.493 e. The third-order valence-electron chi connectivity index (χ3n) is 4.63. The van der Waals surface area contributed by atoms with Crippen LogP contribution in [-0.4, -0.2) is 60.1 Å². The molecule has 0 unspecified atom stereocenters. The number of methoxy groups -OCH3 is 2. The molecule has 1 aromatic carbocycles. The van der Waals surface area contributed by atoms with E-state index in [2.05, 4.69) is 15.5 Å². The van der Waals surface area contributed by atoms with Crippen LogP contribution in [0.4, 0.5) is 5.69 Å². The number of hydrogen-bond donors (Lipinski definition) is 2. The lowest BCUT2D eigenvalue weighted by Gasteiger charge is -2.33. The molecule has 1 aliphatic rings. The number of hydrogen-bond acceptors (Lipinski definition) is 6. The summed E-state index contributed by atoms with van der Waals surface area (Å²) in [5.41, 5.74) is 1.52. The molecule has 1 amide bonds. The Morgan fingerprint density at radius 1 is 1.22 bits per heavy atom. The van der Waals surface area contributed by atoms with E-state index in [1.54, 1.807) is 19.1 Å².